The highest BCUT2D eigenvalue weighted by Crippen LogP contribution is 2.70. The number of carbonyl (C=O) groups excluding carboxylic acids is 1. The van der Waals surface area contributed by atoms with Crippen LogP contribution in [0.25, 0.3) is 0 Å². The van der Waals surface area contributed by atoms with Crippen LogP contribution in [-0.4, -0.2) is 39.6 Å². The average molecular weight is 405 g/mol. The van der Waals surface area contributed by atoms with Gasteiger partial charge in [0.05, 0.1) is 24.1 Å². The Bertz CT molecular complexity index is 769. The summed E-state index contributed by atoms with van der Waals surface area (Å²) in [6, 6.07) is 0. The van der Waals surface area contributed by atoms with Crippen molar-refractivity contribution in [1.82, 2.24) is 0 Å². The smallest absolute Gasteiger partial charge is 0.163 e. The largest absolute Gasteiger partial charge is 0.515 e. The van der Waals surface area contributed by atoms with E-state index >= 15 is 0 Å². The summed E-state index contributed by atoms with van der Waals surface area (Å²) in [4.78, 5) is 12.7. The highest BCUT2D eigenvalue weighted by molar-refractivity contribution is 5.96. The molecule has 5 heteroatoms. The summed E-state index contributed by atoms with van der Waals surface area (Å²) < 4.78 is 13.0. The predicted molar refractivity (Wildman–Crippen MR) is 108 cm³/mol. The van der Waals surface area contributed by atoms with Crippen LogP contribution in [0, 0.1) is 34.5 Å². The van der Waals surface area contributed by atoms with Gasteiger partial charge in [0.25, 0.3) is 0 Å². The maximum atomic E-state index is 12.7. The first-order chi connectivity index (χ1) is 13.4. The van der Waals surface area contributed by atoms with Crippen LogP contribution in [0.5, 0.6) is 0 Å². The third-order valence-electron chi connectivity index (χ3n) is 10.0. The van der Waals surface area contributed by atoms with Crippen LogP contribution in [0.1, 0.15) is 73.1 Å². The Morgan fingerprint density at radius 2 is 1.62 bits per heavy atom. The number of aliphatic hydroxyl groups is 2. The van der Waals surface area contributed by atoms with Gasteiger partial charge in [-0.25, -0.2) is 0 Å². The SMILES string of the molecule is CC1(C)O[C@H]2[C@H](O1)[C@H]1CC(=O)C(=CO)C[C@]1(C)[C@H]1CC[C@@]3(C)[C@@H](CC[C@]3(C)O)[C@H]21. The molecule has 0 aromatic rings. The molecule has 4 aliphatic carbocycles. The Morgan fingerprint density at radius 3 is 2.31 bits per heavy atom. The fourth-order valence-corrected chi connectivity index (χ4v) is 8.31. The summed E-state index contributed by atoms with van der Waals surface area (Å²) in [6.07, 6.45) is 5.82. The maximum Gasteiger partial charge on any atom is 0.163 e. The van der Waals surface area contributed by atoms with E-state index in [1.165, 1.54) is 0 Å². The molecule has 4 saturated carbocycles. The highest BCUT2D eigenvalue weighted by atomic mass is 16.8. The van der Waals surface area contributed by atoms with Gasteiger partial charge in [-0.1, -0.05) is 13.8 Å². The zero-order valence-corrected chi connectivity index (χ0v) is 18.4. The number of ether oxygens (including phenoxy) is 2. The molecule has 5 rings (SSSR count). The van der Waals surface area contributed by atoms with Gasteiger partial charge in [0, 0.05) is 17.9 Å². The van der Waals surface area contributed by atoms with Crippen molar-refractivity contribution in [1.29, 1.82) is 0 Å². The Balaban J connectivity index is 1.62. The van der Waals surface area contributed by atoms with Crippen molar-refractivity contribution in [3.63, 3.8) is 0 Å². The molecule has 9 atom stereocenters. The number of rotatable bonds is 0. The summed E-state index contributed by atoms with van der Waals surface area (Å²) in [6.45, 7) is 10.6. The lowest BCUT2D eigenvalue weighted by molar-refractivity contribution is -0.191. The van der Waals surface area contributed by atoms with E-state index in [2.05, 4.69) is 13.8 Å². The van der Waals surface area contributed by atoms with Gasteiger partial charge in [-0.05, 0) is 81.5 Å². The van der Waals surface area contributed by atoms with Gasteiger partial charge >= 0.3 is 0 Å². The molecule has 0 bridgehead atoms. The first-order valence-electron chi connectivity index (χ1n) is 11.4. The third-order valence-corrected chi connectivity index (χ3v) is 10.0. The molecular weight excluding hydrogens is 368 g/mol. The van der Waals surface area contributed by atoms with E-state index in [1.807, 2.05) is 20.8 Å². The van der Waals surface area contributed by atoms with E-state index in [9.17, 15) is 15.0 Å². The minimum absolute atomic E-state index is 0.0287. The normalized spacial score (nSPS) is 57.2. The van der Waals surface area contributed by atoms with Gasteiger partial charge in [-0.15, -0.1) is 0 Å². The Kier molecular flexibility index (Phi) is 4.05. The average Bonchev–Trinajstić information content (AvgIpc) is 3.08. The molecule has 0 aromatic heterocycles. The summed E-state index contributed by atoms with van der Waals surface area (Å²) in [5, 5.41) is 21.0. The minimum Gasteiger partial charge on any atom is -0.515 e. The fourth-order valence-electron chi connectivity index (χ4n) is 8.31. The van der Waals surface area contributed by atoms with Crippen molar-refractivity contribution in [3.05, 3.63) is 11.8 Å². The zero-order chi connectivity index (χ0) is 21.0. The summed E-state index contributed by atoms with van der Waals surface area (Å²) in [5.41, 5.74) is -0.305. The lowest BCUT2D eigenvalue weighted by Gasteiger charge is -2.63. The lowest BCUT2D eigenvalue weighted by Crippen LogP contribution is -2.64. The van der Waals surface area contributed by atoms with Crippen LogP contribution < -0.4 is 0 Å². The quantitative estimate of drug-likeness (QED) is 0.469. The van der Waals surface area contributed by atoms with Crippen LogP contribution in [0.3, 0.4) is 0 Å². The van der Waals surface area contributed by atoms with Gasteiger partial charge in [0.2, 0.25) is 0 Å². The van der Waals surface area contributed by atoms with E-state index in [1.54, 1.807) is 0 Å². The summed E-state index contributed by atoms with van der Waals surface area (Å²) in [7, 11) is 0. The van der Waals surface area contributed by atoms with Crippen molar-refractivity contribution in [2.45, 2.75) is 96.7 Å². The van der Waals surface area contributed by atoms with Crippen LogP contribution in [0.4, 0.5) is 0 Å². The van der Waals surface area contributed by atoms with E-state index in [0.717, 1.165) is 31.9 Å². The Hall–Kier alpha value is -0.910. The second-order valence-corrected chi connectivity index (χ2v) is 11.7. The van der Waals surface area contributed by atoms with Crippen molar-refractivity contribution >= 4 is 5.78 Å². The van der Waals surface area contributed by atoms with E-state index in [4.69, 9.17) is 9.47 Å². The number of fused-ring (bicyclic) bond motifs is 8. The summed E-state index contributed by atoms with van der Waals surface area (Å²) >= 11 is 0. The van der Waals surface area contributed by atoms with E-state index in [-0.39, 0.29) is 34.7 Å². The first-order valence-corrected chi connectivity index (χ1v) is 11.4. The summed E-state index contributed by atoms with van der Waals surface area (Å²) in [5.74, 6) is 0.599. The molecular formula is C24H36O5. The second kappa shape index (κ2) is 5.86. The number of allylic oxidation sites excluding steroid dienone is 1. The lowest BCUT2D eigenvalue weighted by atomic mass is 9.43. The molecule has 0 unspecified atom stereocenters. The third kappa shape index (κ3) is 2.47. The second-order valence-electron chi connectivity index (χ2n) is 11.7. The molecule has 5 aliphatic rings. The number of ketones is 1. The number of carbonyl (C=O) groups is 1. The van der Waals surface area contributed by atoms with Gasteiger partial charge in [-0.3, -0.25) is 4.79 Å². The Morgan fingerprint density at radius 1 is 0.966 bits per heavy atom. The van der Waals surface area contributed by atoms with Gasteiger partial charge in [-0.2, -0.15) is 0 Å². The number of aliphatic hydroxyl groups excluding tert-OH is 1. The molecule has 5 fully saturated rings. The van der Waals surface area contributed by atoms with Crippen LogP contribution in [0.2, 0.25) is 0 Å². The van der Waals surface area contributed by atoms with Crippen molar-refractivity contribution in [3.8, 4) is 0 Å². The van der Waals surface area contributed by atoms with Crippen LogP contribution in [-0.2, 0) is 14.3 Å². The molecule has 162 valence electrons. The minimum atomic E-state index is -0.657. The standard InChI is InChI=1S/C24H36O5/c1-21(2)28-19-16-10-17(26)13(12-25)11-22(16,3)14-6-8-23(4)15(7-9-24(23,5)27)18(14)20(19)29-21/h12,14-16,18-20,25,27H,6-11H2,1-5H3/t14-,15-,16+,18+,19+,20+,22+,23-,24-/m0/s1. The topological polar surface area (TPSA) is 76.0 Å². The molecule has 0 aromatic carbocycles. The van der Waals surface area contributed by atoms with E-state index in [0.29, 0.717) is 36.2 Å². The monoisotopic (exact) mass is 404 g/mol. The van der Waals surface area contributed by atoms with Crippen molar-refractivity contribution in [2.24, 2.45) is 34.5 Å². The molecule has 1 aliphatic heterocycles. The van der Waals surface area contributed by atoms with Crippen LogP contribution >= 0.6 is 0 Å². The molecule has 0 spiro atoms. The Labute approximate surface area is 173 Å². The molecule has 0 amide bonds. The number of hydrogen-bond donors (Lipinski definition) is 2. The number of Topliss-reactive ketones (excluding diaryl/α,β-unsaturated/α-hetero) is 1. The highest BCUT2D eigenvalue weighted by Gasteiger charge is 2.70. The van der Waals surface area contributed by atoms with E-state index < -0.39 is 11.4 Å². The molecule has 1 saturated heterocycles. The molecule has 0 radical (unpaired) electrons. The maximum absolute atomic E-state index is 12.7. The predicted octanol–water partition coefficient (Wildman–Crippen LogP) is 4.14. The van der Waals surface area contributed by atoms with Crippen molar-refractivity contribution < 1.29 is 24.5 Å². The fraction of sp³-hybridized carbons (Fsp3) is 0.875. The zero-order valence-electron chi connectivity index (χ0n) is 18.4. The molecule has 5 nitrogen and oxygen atoms in total. The van der Waals surface area contributed by atoms with Gasteiger partial charge in [0.1, 0.15) is 0 Å². The first kappa shape index (κ1) is 20.0. The molecule has 29 heavy (non-hydrogen) atoms. The van der Waals surface area contributed by atoms with Crippen LogP contribution in [0.15, 0.2) is 11.8 Å². The molecule has 2 N–H and O–H groups in total. The molecule has 1 heterocycles. The van der Waals surface area contributed by atoms with Gasteiger partial charge < -0.3 is 19.7 Å². The number of hydrogen-bond acceptors (Lipinski definition) is 5. The van der Waals surface area contributed by atoms with Gasteiger partial charge in [0.15, 0.2) is 11.6 Å². The van der Waals surface area contributed by atoms with Crippen molar-refractivity contribution in [2.75, 3.05) is 0 Å².